The average molecular weight is 374 g/mol. The molecule has 0 fully saturated rings. The minimum absolute atomic E-state index is 0.111. The van der Waals surface area contributed by atoms with E-state index >= 15 is 0 Å². The molecule has 4 nitrogen and oxygen atoms in total. The molecule has 1 aliphatic carbocycles. The summed E-state index contributed by atoms with van der Waals surface area (Å²) in [6.07, 6.45) is 2.95. The summed E-state index contributed by atoms with van der Waals surface area (Å²) in [5.41, 5.74) is 8.20. The molecule has 144 valence electrons. The van der Waals surface area contributed by atoms with Gasteiger partial charge in [0.05, 0.1) is 5.69 Å². The number of amides is 1. The molecule has 1 aliphatic rings. The predicted molar refractivity (Wildman–Crippen MR) is 114 cm³/mol. The van der Waals surface area contributed by atoms with Gasteiger partial charge in [0.2, 0.25) is 0 Å². The highest BCUT2D eigenvalue weighted by atomic mass is 16.2. The molecule has 0 radical (unpaired) electrons. The van der Waals surface area contributed by atoms with Crippen LogP contribution in [-0.2, 0) is 12.8 Å². The van der Waals surface area contributed by atoms with Crippen LogP contribution in [0.4, 0.5) is 5.69 Å². The van der Waals surface area contributed by atoms with Gasteiger partial charge in [0.15, 0.2) is 5.69 Å². The van der Waals surface area contributed by atoms with E-state index < -0.39 is 0 Å². The van der Waals surface area contributed by atoms with Gasteiger partial charge in [-0.15, -0.1) is 0 Å². The van der Waals surface area contributed by atoms with Gasteiger partial charge in [-0.1, -0.05) is 49.7 Å². The summed E-state index contributed by atoms with van der Waals surface area (Å²) in [5, 5.41) is 7.90. The summed E-state index contributed by atoms with van der Waals surface area (Å²) < 4.78 is 1.96. The average Bonchev–Trinajstić information content (AvgIpc) is 3.26. The smallest absolute Gasteiger partial charge is 0.276 e. The lowest BCUT2D eigenvalue weighted by Gasteiger charge is -2.16. The van der Waals surface area contributed by atoms with Crippen molar-refractivity contribution in [2.75, 3.05) is 5.32 Å². The lowest BCUT2D eigenvalue weighted by atomic mass is 9.98. The highest BCUT2D eigenvalue weighted by Crippen LogP contribution is 2.31. The number of para-hydroxylation sites is 1. The van der Waals surface area contributed by atoms with Crippen molar-refractivity contribution in [3.8, 4) is 5.69 Å². The van der Waals surface area contributed by atoms with Crippen LogP contribution in [0.1, 0.15) is 64.6 Å². The molecule has 0 saturated heterocycles. The van der Waals surface area contributed by atoms with Crippen molar-refractivity contribution >= 4 is 11.6 Å². The normalized spacial score (nSPS) is 13.0. The molecule has 3 aromatic rings. The molecule has 28 heavy (non-hydrogen) atoms. The van der Waals surface area contributed by atoms with Crippen molar-refractivity contribution in [3.63, 3.8) is 0 Å². The monoisotopic (exact) mass is 373 g/mol. The van der Waals surface area contributed by atoms with E-state index in [-0.39, 0.29) is 5.91 Å². The first-order chi connectivity index (χ1) is 13.5. The van der Waals surface area contributed by atoms with Crippen LogP contribution in [-0.4, -0.2) is 15.7 Å². The molecule has 0 atom stereocenters. The van der Waals surface area contributed by atoms with Crippen LogP contribution >= 0.6 is 0 Å². The molecule has 1 N–H and O–H groups in total. The Morgan fingerprint density at radius 3 is 2.54 bits per heavy atom. The third-order valence-corrected chi connectivity index (χ3v) is 5.59. The van der Waals surface area contributed by atoms with Gasteiger partial charge in [-0.25, -0.2) is 4.68 Å². The van der Waals surface area contributed by atoms with Crippen LogP contribution < -0.4 is 5.32 Å². The summed E-state index contributed by atoms with van der Waals surface area (Å²) in [5.74, 6) is 0.228. The standard InChI is InChI=1S/C24H27N3O/c1-15(2)19-8-5-7-17(4)22(19)25-24(28)23-20-9-6-10-21(20)27(26-23)18-13-11-16(3)12-14-18/h5,7-8,11-15H,6,9-10H2,1-4H3,(H,25,28). The van der Waals surface area contributed by atoms with E-state index in [9.17, 15) is 4.79 Å². The first-order valence-corrected chi connectivity index (χ1v) is 10.0. The number of fused-ring (bicyclic) bond motifs is 1. The number of hydrogen-bond donors (Lipinski definition) is 1. The summed E-state index contributed by atoms with van der Waals surface area (Å²) in [6, 6.07) is 14.5. The molecular weight excluding hydrogens is 346 g/mol. The van der Waals surface area contributed by atoms with Crippen molar-refractivity contribution in [2.45, 2.75) is 52.9 Å². The molecule has 4 rings (SSSR count). The second-order valence-corrected chi connectivity index (χ2v) is 8.02. The van der Waals surface area contributed by atoms with Gasteiger partial charge < -0.3 is 5.32 Å². The predicted octanol–water partition coefficient (Wildman–Crippen LogP) is 5.35. The minimum atomic E-state index is -0.111. The Bertz CT molecular complexity index is 1030. The third kappa shape index (κ3) is 3.24. The second kappa shape index (κ2) is 7.27. The number of benzene rings is 2. The summed E-state index contributed by atoms with van der Waals surface area (Å²) in [7, 11) is 0. The van der Waals surface area contributed by atoms with Crippen LogP contribution in [0.3, 0.4) is 0 Å². The zero-order valence-electron chi connectivity index (χ0n) is 17.0. The van der Waals surface area contributed by atoms with Gasteiger partial charge in [-0.05, 0) is 62.3 Å². The highest BCUT2D eigenvalue weighted by Gasteiger charge is 2.27. The van der Waals surface area contributed by atoms with Gasteiger partial charge in [0, 0.05) is 16.9 Å². The summed E-state index contributed by atoms with van der Waals surface area (Å²) in [4.78, 5) is 13.2. The molecule has 4 heteroatoms. The third-order valence-electron chi connectivity index (χ3n) is 5.59. The Labute approximate surface area is 166 Å². The maximum atomic E-state index is 13.2. The fourth-order valence-electron chi connectivity index (χ4n) is 4.03. The first-order valence-electron chi connectivity index (χ1n) is 10.0. The van der Waals surface area contributed by atoms with Crippen LogP contribution in [0, 0.1) is 13.8 Å². The molecule has 0 saturated carbocycles. The minimum Gasteiger partial charge on any atom is -0.320 e. The fourth-order valence-corrected chi connectivity index (χ4v) is 4.03. The van der Waals surface area contributed by atoms with E-state index in [1.807, 2.05) is 23.7 Å². The Morgan fingerprint density at radius 1 is 1.07 bits per heavy atom. The van der Waals surface area contributed by atoms with Gasteiger partial charge >= 0.3 is 0 Å². The maximum absolute atomic E-state index is 13.2. The van der Waals surface area contributed by atoms with Gasteiger partial charge in [0.1, 0.15) is 0 Å². The number of anilines is 1. The number of nitrogens with one attached hydrogen (secondary N) is 1. The Hall–Kier alpha value is -2.88. The molecule has 0 unspecified atom stereocenters. The van der Waals surface area contributed by atoms with E-state index in [1.165, 1.54) is 11.3 Å². The summed E-state index contributed by atoms with van der Waals surface area (Å²) >= 11 is 0. The Morgan fingerprint density at radius 2 is 1.82 bits per heavy atom. The highest BCUT2D eigenvalue weighted by molar-refractivity contribution is 6.05. The molecule has 1 heterocycles. The quantitative estimate of drug-likeness (QED) is 0.670. The first kappa shape index (κ1) is 18.5. The number of carbonyl (C=O) groups excluding carboxylic acids is 1. The van der Waals surface area contributed by atoms with Crippen molar-refractivity contribution in [2.24, 2.45) is 0 Å². The molecule has 0 aliphatic heterocycles. The lowest BCUT2D eigenvalue weighted by molar-refractivity contribution is 0.102. The molecular formula is C24H27N3O. The van der Waals surface area contributed by atoms with Crippen LogP contribution in [0.25, 0.3) is 5.69 Å². The molecule has 0 bridgehead atoms. The Balaban J connectivity index is 1.72. The van der Waals surface area contributed by atoms with Gasteiger partial charge in [-0.2, -0.15) is 5.10 Å². The van der Waals surface area contributed by atoms with Gasteiger partial charge in [0.25, 0.3) is 5.91 Å². The van der Waals surface area contributed by atoms with Crippen molar-refractivity contribution < 1.29 is 4.79 Å². The van der Waals surface area contributed by atoms with E-state index in [4.69, 9.17) is 5.10 Å². The van der Waals surface area contributed by atoms with Gasteiger partial charge in [-0.3, -0.25) is 4.79 Å². The summed E-state index contributed by atoms with van der Waals surface area (Å²) in [6.45, 7) is 8.41. The number of rotatable bonds is 4. The Kier molecular flexibility index (Phi) is 4.80. The largest absolute Gasteiger partial charge is 0.320 e. The van der Waals surface area contributed by atoms with Crippen LogP contribution in [0.5, 0.6) is 0 Å². The molecule has 2 aromatic carbocycles. The number of nitrogens with zero attached hydrogens (tertiary/aromatic N) is 2. The molecule has 1 amide bonds. The number of aryl methyl sites for hydroxylation is 2. The van der Waals surface area contributed by atoms with Crippen molar-refractivity contribution in [3.05, 3.63) is 76.1 Å². The molecule has 0 spiro atoms. The SMILES string of the molecule is Cc1ccc(-n2nc(C(=O)Nc3c(C)cccc3C(C)C)c3c2CCC3)cc1. The van der Waals surface area contributed by atoms with Crippen molar-refractivity contribution in [1.82, 2.24) is 9.78 Å². The zero-order chi connectivity index (χ0) is 19.8. The van der Waals surface area contributed by atoms with E-state index in [1.54, 1.807) is 0 Å². The van der Waals surface area contributed by atoms with Crippen LogP contribution in [0.15, 0.2) is 42.5 Å². The lowest BCUT2D eigenvalue weighted by Crippen LogP contribution is -2.17. The number of hydrogen-bond acceptors (Lipinski definition) is 2. The number of aromatic nitrogens is 2. The van der Waals surface area contributed by atoms with Crippen LogP contribution in [0.2, 0.25) is 0 Å². The van der Waals surface area contributed by atoms with E-state index in [2.05, 4.69) is 56.4 Å². The van der Waals surface area contributed by atoms with Crippen molar-refractivity contribution in [1.29, 1.82) is 0 Å². The zero-order valence-corrected chi connectivity index (χ0v) is 17.0. The van der Waals surface area contributed by atoms with E-state index in [0.717, 1.165) is 47.3 Å². The number of carbonyl (C=O) groups is 1. The second-order valence-electron chi connectivity index (χ2n) is 8.02. The topological polar surface area (TPSA) is 46.9 Å². The maximum Gasteiger partial charge on any atom is 0.276 e. The molecule has 1 aromatic heterocycles. The fraction of sp³-hybridized carbons (Fsp3) is 0.333. The van der Waals surface area contributed by atoms with E-state index in [0.29, 0.717) is 11.6 Å².